The number of alkyl halides is 1. The van der Waals surface area contributed by atoms with Crippen LogP contribution in [0, 0.1) is 35.0 Å². The maximum absolute atomic E-state index is 15.5. The molecule has 6 aliphatic rings. The zero-order valence-electron chi connectivity index (χ0n) is 24.7. The summed E-state index contributed by atoms with van der Waals surface area (Å²) in [6, 6.07) is -0.215. The first-order valence-corrected chi connectivity index (χ1v) is 14.9. The van der Waals surface area contributed by atoms with E-state index < -0.39 is 17.2 Å². The molecule has 0 radical (unpaired) electrons. The number of nitrogens with one attached hydrogen (secondary N) is 3. The highest BCUT2D eigenvalue weighted by molar-refractivity contribution is 6.45. The van der Waals surface area contributed by atoms with Crippen molar-refractivity contribution in [3.63, 3.8) is 0 Å². The lowest BCUT2D eigenvalue weighted by molar-refractivity contribution is -0.199. The van der Waals surface area contributed by atoms with Gasteiger partial charge < -0.3 is 25.3 Å². The molecule has 5 saturated carbocycles. The Hall–Kier alpha value is -1.19. The maximum Gasteiger partial charge on any atom is 0.457 e. The first kappa shape index (κ1) is 28.3. The molecule has 1 saturated heterocycles. The zero-order chi connectivity index (χ0) is 27.8. The Morgan fingerprint density at radius 2 is 1.82 bits per heavy atom. The van der Waals surface area contributed by atoms with Crippen LogP contribution in [0.2, 0.25) is 6.32 Å². The lowest BCUT2D eigenvalue weighted by Gasteiger charge is -2.64. The molecule has 214 valence electrons. The van der Waals surface area contributed by atoms with Gasteiger partial charge in [-0.05, 0) is 108 Å². The SMILES string of the molecule is CN[C@@H]1C[C@@H]2[C@@H](C[C@@](NC(C)=O)(C(=O)NC(C)(C)C)[C@H]2CCCB2O[C@@H]3C[C@@H]4C[C@@H](C4(C)C)[C@]3(C)O2)[C@@H]1F. The summed E-state index contributed by atoms with van der Waals surface area (Å²) in [6.45, 7) is 14.2. The number of amides is 2. The fourth-order valence-corrected chi connectivity index (χ4v) is 9.29. The van der Waals surface area contributed by atoms with Crippen LogP contribution >= 0.6 is 0 Å². The molecule has 0 aromatic carbocycles. The molecule has 9 heteroatoms. The molecule has 1 heterocycles. The van der Waals surface area contributed by atoms with Gasteiger partial charge in [-0.25, -0.2) is 4.39 Å². The molecule has 5 aliphatic carbocycles. The van der Waals surface area contributed by atoms with Gasteiger partial charge in [0.15, 0.2) is 0 Å². The Labute approximate surface area is 228 Å². The molecule has 3 N–H and O–H groups in total. The number of carbonyl (C=O) groups excluding carboxylic acids is 2. The van der Waals surface area contributed by atoms with Crippen molar-refractivity contribution in [2.45, 2.75) is 128 Å². The third kappa shape index (κ3) is 4.43. The van der Waals surface area contributed by atoms with Crippen LogP contribution < -0.4 is 16.0 Å². The summed E-state index contributed by atoms with van der Waals surface area (Å²) in [4.78, 5) is 26.3. The molecule has 2 bridgehead atoms. The number of halogens is 1. The van der Waals surface area contributed by atoms with Crippen molar-refractivity contribution in [1.82, 2.24) is 16.0 Å². The minimum atomic E-state index is -1.11. The number of carbonyl (C=O) groups is 2. The molecule has 38 heavy (non-hydrogen) atoms. The van der Waals surface area contributed by atoms with Gasteiger partial charge in [-0.15, -0.1) is 0 Å². The van der Waals surface area contributed by atoms with E-state index in [1.807, 2.05) is 20.8 Å². The largest absolute Gasteiger partial charge is 0.457 e. The second-order valence-electron chi connectivity index (χ2n) is 14.9. The standard InChI is InChI=1S/C29H49BFN3O4/c1-16(35)33-29(25(36)34-26(2,3)4)15-19-18(14-21(32-8)24(19)31)20(29)10-9-11-30-37-23-13-17-12-22(27(17,5)6)28(23,7)38-30/h17-24,32H,9-15H2,1-8H3,(H,33,35)(H,34,36)/t17-,18+,19+,20-,21+,22-,23+,24-,28-,29-/m0/s1. The Bertz CT molecular complexity index is 959. The second-order valence-corrected chi connectivity index (χ2v) is 14.9. The second kappa shape index (κ2) is 9.44. The van der Waals surface area contributed by atoms with Crippen LogP contribution in [-0.4, -0.2) is 61.0 Å². The van der Waals surface area contributed by atoms with E-state index in [1.54, 1.807) is 7.05 Å². The Morgan fingerprint density at radius 3 is 2.42 bits per heavy atom. The van der Waals surface area contributed by atoms with Crippen LogP contribution in [0.5, 0.6) is 0 Å². The smallest absolute Gasteiger partial charge is 0.405 e. The van der Waals surface area contributed by atoms with Crippen LogP contribution in [0.1, 0.15) is 87.0 Å². The number of rotatable bonds is 7. The van der Waals surface area contributed by atoms with E-state index in [-0.39, 0.29) is 54.4 Å². The van der Waals surface area contributed by atoms with Crippen molar-refractivity contribution in [2.24, 2.45) is 35.0 Å². The average molecular weight is 534 g/mol. The molecular weight excluding hydrogens is 484 g/mol. The van der Waals surface area contributed by atoms with Crippen LogP contribution in [-0.2, 0) is 18.9 Å². The Morgan fingerprint density at radius 1 is 1.11 bits per heavy atom. The third-order valence-corrected chi connectivity index (χ3v) is 11.2. The molecule has 2 amide bonds. The lowest BCUT2D eigenvalue weighted by atomic mass is 9.43. The van der Waals surface area contributed by atoms with E-state index >= 15 is 4.39 Å². The summed E-state index contributed by atoms with van der Waals surface area (Å²) in [5.41, 5.74) is -1.50. The summed E-state index contributed by atoms with van der Waals surface area (Å²) in [6.07, 6.45) is 4.65. The van der Waals surface area contributed by atoms with Gasteiger partial charge in [0, 0.05) is 18.5 Å². The summed E-state index contributed by atoms with van der Waals surface area (Å²) in [5, 5.41) is 9.31. The molecule has 7 nitrogen and oxygen atoms in total. The van der Waals surface area contributed by atoms with Crippen LogP contribution in [0.3, 0.4) is 0 Å². The Kier molecular flexibility index (Phi) is 7.04. The number of hydrogen-bond donors (Lipinski definition) is 3. The van der Waals surface area contributed by atoms with E-state index in [0.29, 0.717) is 36.5 Å². The van der Waals surface area contributed by atoms with Crippen molar-refractivity contribution in [3.8, 4) is 0 Å². The summed E-state index contributed by atoms with van der Waals surface area (Å²) < 4.78 is 28.6. The first-order valence-electron chi connectivity index (χ1n) is 14.9. The van der Waals surface area contributed by atoms with Gasteiger partial charge in [0.1, 0.15) is 11.7 Å². The monoisotopic (exact) mass is 533 g/mol. The summed E-state index contributed by atoms with van der Waals surface area (Å²) in [7, 11) is 1.56. The average Bonchev–Trinajstić information content (AvgIpc) is 3.40. The maximum atomic E-state index is 15.5. The molecule has 6 rings (SSSR count). The molecule has 0 spiro atoms. The van der Waals surface area contributed by atoms with Crippen molar-refractivity contribution in [3.05, 3.63) is 0 Å². The van der Waals surface area contributed by atoms with E-state index in [1.165, 1.54) is 13.3 Å². The first-order chi connectivity index (χ1) is 17.6. The highest BCUT2D eigenvalue weighted by Gasteiger charge is 2.68. The van der Waals surface area contributed by atoms with Gasteiger partial charge in [0.2, 0.25) is 11.8 Å². The van der Waals surface area contributed by atoms with Gasteiger partial charge in [-0.3, -0.25) is 9.59 Å². The van der Waals surface area contributed by atoms with Gasteiger partial charge in [0.05, 0.1) is 11.7 Å². The highest BCUT2D eigenvalue weighted by Crippen LogP contribution is 2.66. The van der Waals surface area contributed by atoms with Crippen LogP contribution in [0.4, 0.5) is 4.39 Å². The van der Waals surface area contributed by atoms with Gasteiger partial charge in [-0.1, -0.05) is 20.3 Å². The third-order valence-electron chi connectivity index (χ3n) is 11.2. The van der Waals surface area contributed by atoms with E-state index in [4.69, 9.17) is 9.31 Å². The molecule has 0 aromatic heterocycles. The molecule has 0 aromatic rings. The topological polar surface area (TPSA) is 88.7 Å². The summed E-state index contributed by atoms with van der Waals surface area (Å²) in [5.74, 6) is 0.400. The van der Waals surface area contributed by atoms with Crippen molar-refractivity contribution >= 4 is 18.9 Å². The molecule has 1 aliphatic heterocycles. The van der Waals surface area contributed by atoms with E-state index in [0.717, 1.165) is 19.2 Å². The van der Waals surface area contributed by atoms with Crippen LogP contribution in [0.25, 0.3) is 0 Å². The molecular formula is C29H49BFN3O4. The van der Waals surface area contributed by atoms with Crippen LogP contribution in [0.15, 0.2) is 0 Å². The highest BCUT2D eigenvalue weighted by atomic mass is 19.1. The van der Waals surface area contributed by atoms with Crippen molar-refractivity contribution in [2.75, 3.05) is 7.05 Å². The fraction of sp³-hybridized carbons (Fsp3) is 0.931. The zero-order valence-corrected chi connectivity index (χ0v) is 24.7. The molecule has 10 atom stereocenters. The lowest BCUT2D eigenvalue weighted by Crippen LogP contribution is -2.65. The summed E-state index contributed by atoms with van der Waals surface area (Å²) >= 11 is 0. The molecule has 0 unspecified atom stereocenters. The molecule has 6 fully saturated rings. The van der Waals surface area contributed by atoms with E-state index in [9.17, 15) is 9.59 Å². The predicted octanol–water partition coefficient (Wildman–Crippen LogP) is 3.87. The fourth-order valence-electron chi connectivity index (χ4n) is 9.29. The van der Waals surface area contributed by atoms with E-state index in [2.05, 4.69) is 36.7 Å². The van der Waals surface area contributed by atoms with Gasteiger partial charge in [-0.2, -0.15) is 0 Å². The number of fused-ring (bicyclic) bond motifs is 1. The van der Waals surface area contributed by atoms with Gasteiger partial charge in [0.25, 0.3) is 0 Å². The normalized spacial score (nSPS) is 44.8. The predicted molar refractivity (Wildman–Crippen MR) is 146 cm³/mol. The quantitative estimate of drug-likeness (QED) is 0.433. The Balaban J connectivity index is 1.32. The van der Waals surface area contributed by atoms with Crippen molar-refractivity contribution in [1.29, 1.82) is 0 Å². The van der Waals surface area contributed by atoms with Gasteiger partial charge >= 0.3 is 7.12 Å². The number of hydrogen-bond acceptors (Lipinski definition) is 5. The van der Waals surface area contributed by atoms with Crippen molar-refractivity contribution < 1.29 is 23.3 Å². The minimum absolute atomic E-state index is 0.0264. The minimum Gasteiger partial charge on any atom is -0.405 e.